The predicted octanol–water partition coefficient (Wildman–Crippen LogP) is 1.52. The molecule has 1 saturated heterocycles. The van der Waals surface area contributed by atoms with E-state index in [0.29, 0.717) is 6.54 Å². The van der Waals surface area contributed by atoms with Gasteiger partial charge in [0.05, 0.1) is 6.54 Å². The number of nitrogens with one attached hydrogen (secondary N) is 1. The Balaban J connectivity index is 2.16. The number of carbonyl (C=O) groups excluding carboxylic acids is 1. The summed E-state index contributed by atoms with van der Waals surface area (Å²) in [5.74, 6) is 0.184. The van der Waals surface area contributed by atoms with Crippen molar-refractivity contribution in [3.8, 4) is 0 Å². The van der Waals surface area contributed by atoms with E-state index >= 15 is 0 Å². The molecule has 1 atom stereocenters. The van der Waals surface area contributed by atoms with Gasteiger partial charge in [0.1, 0.15) is 6.17 Å². The first-order valence-electron chi connectivity index (χ1n) is 6.15. The molecule has 4 nitrogen and oxygen atoms in total. The van der Waals surface area contributed by atoms with E-state index in [1.165, 1.54) is 4.88 Å². The highest BCUT2D eigenvalue weighted by molar-refractivity contribution is 7.10. The smallest absolute Gasteiger partial charge is 0.238 e. The Kier molecular flexibility index (Phi) is 3.75. The van der Waals surface area contributed by atoms with Gasteiger partial charge < -0.3 is 9.80 Å². The van der Waals surface area contributed by atoms with Crippen LogP contribution in [0.5, 0.6) is 0 Å². The van der Waals surface area contributed by atoms with Crippen LogP contribution in [0, 0.1) is 0 Å². The zero-order valence-corrected chi connectivity index (χ0v) is 12.3. The van der Waals surface area contributed by atoms with Crippen LogP contribution in [0.15, 0.2) is 17.5 Å². The van der Waals surface area contributed by atoms with Crippen LogP contribution in [-0.2, 0) is 4.79 Å². The first kappa shape index (κ1) is 13.5. The fraction of sp³-hybridized carbons (Fsp3) is 0.615. The summed E-state index contributed by atoms with van der Waals surface area (Å²) in [6.07, 6.45) is 0.0386. The van der Waals surface area contributed by atoms with Crippen LogP contribution in [0.1, 0.15) is 24.9 Å². The van der Waals surface area contributed by atoms with Crippen LogP contribution in [0.25, 0.3) is 0 Å². The number of likely N-dealkylation sites (N-methyl/N-ethyl adjacent to an activating group) is 1. The summed E-state index contributed by atoms with van der Waals surface area (Å²) in [6, 6.07) is 4.11. The molecule has 0 aromatic carbocycles. The number of thiophene rings is 1. The number of nitrogens with zero attached hydrogens (tertiary/aromatic N) is 2. The highest BCUT2D eigenvalue weighted by Crippen LogP contribution is 2.28. The third-order valence-electron chi connectivity index (χ3n) is 3.66. The topological polar surface area (TPSA) is 35.6 Å². The predicted molar refractivity (Wildman–Crippen MR) is 74.5 cm³/mol. The maximum atomic E-state index is 12.0. The number of amides is 1. The third kappa shape index (κ3) is 2.58. The second-order valence-corrected chi connectivity index (χ2v) is 6.51. The maximum Gasteiger partial charge on any atom is 0.238 e. The standard InChI is InChI=1S/C13H21N3OS/c1-13(2,15(3)4)9-16-11(17)8-14-12(16)10-6-5-7-18-10/h5-7,12,14H,8-9H2,1-4H3. The molecule has 2 heterocycles. The fourth-order valence-corrected chi connectivity index (χ4v) is 2.79. The van der Waals surface area contributed by atoms with E-state index in [1.807, 2.05) is 25.1 Å². The van der Waals surface area contributed by atoms with Crippen LogP contribution < -0.4 is 5.32 Å². The molecular formula is C13H21N3OS. The van der Waals surface area contributed by atoms with Gasteiger partial charge >= 0.3 is 0 Å². The Morgan fingerprint density at radius 1 is 1.56 bits per heavy atom. The lowest BCUT2D eigenvalue weighted by Crippen LogP contribution is -2.49. The second-order valence-electron chi connectivity index (χ2n) is 5.53. The minimum Gasteiger partial charge on any atom is -0.319 e. The number of hydrogen-bond acceptors (Lipinski definition) is 4. The number of carbonyl (C=O) groups is 1. The molecular weight excluding hydrogens is 246 g/mol. The van der Waals surface area contributed by atoms with Gasteiger partial charge in [0.15, 0.2) is 0 Å². The number of rotatable bonds is 4. The molecule has 1 fully saturated rings. The number of hydrogen-bond donors (Lipinski definition) is 1. The molecule has 0 spiro atoms. The van der Waals surface area contributed by atoms with E-state index in [4.69, 9.17) is 0 Å². The van der Waals surface area contributed by atoms with E-state index in [0.717, 1.165) is 6.54 Å². The Labute approximate surface area is 113 Å². The van der Waals surface area contributed by atoms with Crippen molar-refractivity contribution < 1.29 is 4.79 Å². The van der Waals surface area contributed by atoms with Gasteiger partial charge in [-0.2, -0.15) is 0 Å². The molecule has 0 aliphatic carbocycles. The Bertz CT molecular complexity index is 414. The Hall–Kier alpha value is -0.910. The van der Waals surface area contributed by atoms with Gasteiger partial charge in [-0.05, 0) is 39.4 Å². The molecule has 1 aromatic rings. The van der Waals surface area contributed by atoms with E-state index in [-0.39, 0.29) is 17.6 Å². The van der Waals surface area contributed by atoms with Crippen molar-refractivity contribution in [2.24, 2.45) is 0 Å². The minimum absolute atomic E-state index is 0.0306. The van der Waals surface area contributed by atoms with Crippen LogP contribution >= 0.6 is 11.3 Å². The van der Waals surface area contributed by atoms with Gasteiger partial charge in [-0.1, -0.05) is 6.07 Å². The average molecular weight is 267 g/mol. The van der Waals surface area contributed by atoms with Gasteiger partial charge in [0, 0.05) is 17.0 Å². The second kappa shape index (κ2) is 4.99. The van der Waals surface area contributed by atoms with Crippen molar-refractivity contribution >= 4 is 17.2 Å². The molecule has 18 heavy (non-hydrogen) atoms. The summed E-state index contributed by atoms with van der Waals surface area (Å²) >= 11 is 1.69. The summed E-state index contributed by atoms with van der Waals surface area (Å²) in [5.41, 5.74) is -0.0306. The molecule has 1 aromatic heterocycles. The first-order valence-corrected chi connectivity index (χ1v) is 7.03. The van der Waals surface area contributed by atoms with E-state index in [1.54, 1.807) is 11.3 Å². The van der Waals surface area contributed by atoms with Crippen LogP contribution in [-0.4, -0.2) is 48.4 Å². The molecule has 100 valence electrons. The fourth-order valence-electron chi connectivity index (χ4n) is 1.98. The van der Waals surface area contributed by atoms with E-state index < -0.39 is 0 Å². The van der Waals surface area contributed by atoms with Crippen molar-refractivity contribution in [3.63, 3.8) is 0 Å². The SMILES string of the molecule is CN(C)C(C)(C)CN1C(=O)CNC1c1cccs1. The van der Waals surface area contributed by atoms with Crippen molar-refractivity contribution in [2.45, 2.75) is 25.6 Å². The zero-order valence-electron chi connectivity index (χ0n) is 11.4. The Morgan fingerprint density at radius 3 is 2.83 bits per heavy atom. The largest absolute Gasteiger partial charge is 0.319 e. The van der Waals surface area contributed by atoms with Crippen LogP contribution in [0.2, 0.25) is 0 Å². The van der Waals surface area contributed by atoms with Crippen LogP contribution in [0.3, 0.4) is 0 Å². The van der Waals surface area contributed by atoms with Gasteiger partial charge in [-0.3, -0.25) is 10.1 Å². The van der Waals surface area contributed by atoms with Crippen LogP contribution in [0.4, 0.5) is 0 Å². The molecule has 2 rings (SSSR count). The average Bonchev–Trinajstić information content (AvgIpc) is 2.89. The van der Waals surface area contributed by atoms with Crippen molar-refractivity contribution in [3.05, 3.63) is 22.4 Å². The van der Waals surface area contributed by atoms with Gasteiger partial charge in [0.25, 0.3) is 0 Å². The molecule has 1 unspecified atom stereocenters. The normalized spacial score (nSPS) is 21.1. The quantitative estimate of drug-likeness (QED) is 0.898. The highest BCUT2D eigenvalue weighted by Gasteiger charge is 2.36. The lowest BCUT2D eigenvalue weighted by Gasteiger charge is -2.38. The summed E-state index contributed by atoms with van der Waals surface area (Å²) in [4.78, 5) is 17.3. The molecule has 1 N–H and O–H groups in total. The first-order chi connectivity index (χ1) is 8.42. The van der Waals surface area contributed by atoms with Gasteiger partial charge in [-0.25, -0.2) is 0 Å². The maximum absolute atomic E-state index is 12.0. The van der Waals surface area contributed by atoms with Crippen molar-refractivity contribution in [2.75, 3.05) is 27.2 Å². The zero-order chi connectivity index (χ0) is 13.3. The highest BCUT2D eigenvalue weighted by atomic mass is 32.1. The summed E-state index contributed by atoms with van der Waals surface area (Å²) in [7, 11) is 4.10. The molecule has 0 bridgehead atoms. The monoisotopic (exact) mass is 267 g/mol. The van der Waals surface area contributed by atoms with E-state index in [9.17, 15) is 4.79 Å². The van der Waals surface area contributed by atoms with Crippen molar-refractivity contribution in [1.82, 2.24) is 15.1 Å². The molecule has 0 saturated carbocycles. The van der Waals surface area contributed by atoms with Gasteiger partial charge in [0.2, 0.25) is 5.91 Å². The molecule has 0 radical (unpaired) electrons. The van der Waals surface area contributed by atoms with Crippen molar-refractivity contribution in [1.29, 1.82) is 0 Å². The third-order valence-corrected chi connectivity index (χ3v) is 4.58. The molecule has 5 heteroatoms. The van der Waals surface area contributed by atoms with E-state index in [2.05, 4.69) is 35.5 Å². The summed E-state index contributed by atoms with van der Waals surface area (Å²) < 4.78 is 0. The summed E-state index contributed by atoms with van der Waals surface area (Å²) in [6.45, 7) is 5.48. The molecule has 1 amide bonds. The molecule has 1 aliphatic heterocycles. The lowest BCUT2D eigenvalue weighted by molar-refractivity contribution is -0.129. The minimum atomic E-state index is -0.0306. The van der Waals surface area contributed by atoms with Gasteiger partial charge in [-0.15, -0.1) is 11.3 Å². The lowest BCUT2D eigenvalue weighted by atomic mass is 10.0. The molecule has 1 aliphatic rings. The Morgan fingerprint density at radius 2 is 2.28 bits per heavy atom. The summed E-state index contributed by atoms with van der Waals surface area (Å²) in [5, 5.41) is 5.34.